The Balaban J connectivity index is 2.37. The minimum Gasteiger partial charge on any atom is -0.507 e. The van der Waals surface area contributed by atoms with E-state index in [1.54, 1.807) is 6.07 Å². The molecule has 0 unspecified atom stereocenters. The summed E-state index contributed by atoms with van der Waals surface area (Å²) >= 11 is 0. The van der Waals surface area contributed by atoms with E-state index in [2.05, 4.69) is 19.1 Å². The number of hydrogen-bond acceptors (Lipinski definition) is 1. The molecule has 90 valence electrons. The SMILES string of the molecule is CCCCC=CC=CC=Cc1ccccc1O. The van der Waals surface area contributed by atoms with Gasteiger partial charge in [-0.15, -0.1) is 0 Å². The number of phenols is 1. The Labute approximate surface area is 104 Å². The van der Waals surface area contributed by atoms with Crippen LogP contribution in [0.4, 0.5) is 0 Å². The maximum atomic E-state index is 9.52. The predicted molar refractivity (Wildman–Crippen MR) is 74.9 cm³/mol. The first-order valence-corrected chi connectivity index (χ1v) is 6.12. The molecular weight excluding hydrogens is 208 g/mol. The summed E-state index contributed by atoms with van der Waals surface area (Å²) in [6.07, 6.45) is 15.7. The highest BCUT2D eigenvalue weighted by molar-refractivity contribution is 5.57. The summed E-state index contributed by atoms with van der Waals surface area (Å²) in [5, 5.41) is 9.52. The Kier molecular flexibility index (Phi) is 6.57. The van der Waals surface area contributed by atoms with Gasteiger partial charge in [0.2, 0.25) is 0 Å². The molecule has 1 rings (SSSR count). The fourth-order valence-corrected chi connectivity index (χ4v) is 1.41. The highest BCUT2D eigenvalue weighted by Gasteiger charge is 1.91. The molecule has 0 aliphatic carbocycles. The van der Waals surface area contributed by atoms with Gasteiger partial charge in [-0.25, -0.2) is 0 Å². The van der Waals surface area contributed by atoms with Gasteiger partial charge < -0.3 is 5.11 Å². The number of para-hydroxylation sites is 1. The van der Waals surface area contributed by atoms with Crippen molar-refractivity contribution in [3.05, 3.63) is 60.2 Å². The van der Waals surface area contributed by atoms with Gasteiger partial charge >= 0.3 is 0 Å². The van der Waals surface area contributed by atoms with E-state index in [1.807, 2.05) is 42.5 Å². The monoisotopic (exact) mass is 228 g/mol. The Morgan fingerprint density at radius 3 is 2.59 bits per heavy atom. The molecule has 1 N–H and O–H groups in total. The van der Waals surface area contributed by atoms with Crippen LogP contribution in [0.15, 0.2) is 54.6 Å². The highest BCUT2D eigenvalue weighted by Crippen LogP contribution is 2.16. The molecule has 0 bridgehead atoms. The fraction of sp³-hybridized carbons (Fsp3) is 0.250. The Bertz CT molecular complexity index is 400. The van der Waals surface area contributed by atoms with Crippen LogP contribution < -0.4 is 0 Å². The zero-order valence-electron chi connectivity index (χ0n) is 10.3. The molecule has 0 aliphatic rings. The molecule has 0 radical (unpaired) electrons. The van der Waals surface area contributed by atoms with Crippen molar-refractivity contribution in [2.75, 3.05) is 0 Å². The van der Waals surface area contributed by atoms with Crippen molar-refractivity contribution in [3.63, 3.8) is 0 Å². The highest BCUT2D eigenvalue weighted by atomic mass is 16.3. The zero-order chi connectivity index (χ0) is 12.3. The van der Waals surface area contributed by atoms with Crippen molar-refractivity contribution in [1.82, 2.24) is 0 Å². The van der Waals surface area contributed by atoms with E-state index < -0.39 is 0 Å². The molecule has 0 saturated carbocycles. The molecule has 17 heavy (non-hydrogen) atoms. The lowest BCUT2D eigenvalue weighted by Crippen LogP contribution is -1.71. The van der Waals surface area contributed by atoms with Gasteiger partial charge in [0.25, 0.3) is 0 Å². The van der Waals surface area contributed by atoms with Gasteiger partial charge in [-0.2, -0.15) is 0 Å². The third kappa shape index (κ3) is 5.76. The van der Waals surface area contributed by atoms with Gasteiger partial charge in [-0.3, -0.25) is 0 Å². The molecule has 1 nitrogen and oxygen atoms in total. The van der Waals surface area contributed by atoms with Crippen LogP contribution in [0.2, 0.25) is 0 Å². The first kappa shape index (κ1) is 13.3. The van der Waals surface area contributed by atoms with Gasteiger partial charge in [0, 0.05) is 5.56 Å². The van der Waals surface area contributed by atoms with E-state index in [0.717, 1.165) is 12.0 Å². The van der Waals surface area contributed by atoms with Gasteiger partial charge in [-0.1, -0.05) is 74.4 Å². The second-order valence-corrected chi connectivity index (χ2v) is 3.87. The number of aromatic hydroxyl groups is 1. The quantitative estimate of drug-likeness (QED) is 0.552. The molecule has 0 amide bonds. The van der Waals surface area contributed by atoms with E-state index in [4.69, 9.17) is 0 Å². The Hall–Kier alpha value is -1.76. The standard InChI is InChI=1S/C16H20O/c1-2-3-4-5-6-7-8-9-12-15-13-10-11-14-16(15)17/h5-14,17H,2-4H2,1H3. The number of allylic oxidation sites excluding steroid dienone is 5. The molecule has 0 atom stereocenters. The van der Waals surface area contributed by atoms with Crippen molar-refractivity contribution >= 4 is 6.08 Å². The number of rotatable bonds is 6. The lowest BCUT2D eigenvalue weighted by Gasteiger charge is -1.95. The third-order valence-electron chi connectivity index (χ3n) is 2.41. The second kappa shape index (κ2) is 8.40. The molecule has 0 heterocycles. The van der Waals surface area contributed by atoms with Crippen LogP contribution in [0.3, 0.4) is 0 Å². The summed E-state index contributed by atoms with van der Waals surface area (Å²) in [5.41, 5.74) is 0.840. The van der Waals surface area contributed by atoms with Crippen LogP contribution in [0.1, 0.15) is 31.7 Å². The summed E-state index contributed by atoms with van der Waals surface area (Å²) in [7, 11) is 0. The molecule has 0 spiro atoms. The summed E-state index contributed by atoms with van der Waals surface area (Å²) < 4.78 is 0. The zero-order valence-corrected chi connectivity index (χ0v) is 10.3. The number of benzene rings is 1. The molecule has 0 saturated heterocycles. The maximum Gasteiger partial charge on any atom is 0.122 e. The first-order valence-electron chi connectivity index (χ1n) is 6.12. The molecular formula is C16H20O. The predicted octanol–water partition coefficient (Wildman–Crippen LogP) is 4.71. The molecule has 0 fully saturated rings. The van der Waals surface area contributed by atoms with Gasteiger partial charge in [-0.05, 0) is 12.5 Å². The van der Waals surface area contributed by atoms with Crippen LogP contribution in [0.5, 0.6) is 5.75 Å². The molecule has 1 heteroatoms. The van der Waals surface area contributed by atoms with Crippen LogP contribution in [-0.2, 0) is 0 Å². The van der Waals surface area contributed by atoms with Gasteiger partial charge in [0.15, 0.2) is 0 Å². The average Bonchev–Trinajstić information content (AvgIpc) is 2.35. The van der Waals surface area contributed by atoms with Crippen LogP contribution in [-0.4, -0.2) is 5.11 Å². The smallest absolute Gasteiger partial charge is 0.122 e. The summed E-state index contributed by atoms with van der Waals surface area (Å²) in [6.45, 7) is 2.19. The summed E-state index contributed by atoms with van der Waals surface area (Å²) in [4.78, 5) is 0. The third-order valence-corrected chi connectivity index (χ3v) is 2.41. The van der Waals surface area contributed by atoms with Crippen molar-refractivity contribution in [1.29, 1.82) is 0 Å². The van der Waals surface area contributed by atoms with Crippen molar-refractivity contribution in [3.8, 4) is 5.75 Å². The minimum absolute atomic E-state index is 0.315. The molecule has 1 aromatic rings. The summed E-state index contributed by atoms with van der Waals surface area (Å²) in [5.74, 6) is 0.315. The second-order valence-electron chi connectivity index (χ2n) is 3.87. The molecule has 0 aliphatic heterocycles. The van der Waals surface area contributed by atoms with E-state index >= 15 is 0 Å². The minimum atomic E-state index is 0.315. The van der Waals surface area contributed by atoms with E-state index in [1.165, 1.54) is 12.8 Å². The van der Waals surface area contributed by atoms with Crippen LogP contribution >= 0.6 is 0 Å². The Morgan fingerprint density at radius 2 is 1.82 bits per heavy atom. The van der Waals surface area contributed by atoms with E-state index in [0.29, 0.717) is 5.75 Å². The van der Waals surface area contributed by atoms with Crippen LogP contribution in [0.25, 0.3) is 6.08 Å². The first-order chi connectivity index (χ1) is 8.34. The maximum absolute atomic E-state index is 9.52. The lowest BCUT2D eigenvalue weighted by molar-refractivity contribution is 0.474. The van der Waals surface area contributed by atoms with E-state index in [-0.39, 0.29) is 0 Å². The van der Waals surface area contributed by atoms with Crippen molar-refractivity contribution in [2.45, 2.75) is 26.2 Å². The lowest BCUT2D eigenvalue weighted by atomic mass is 10.2. The number of unbranched alkanes of at least 4 members (excludes halogenated alkanes) is 2. The Morgan fingerprint density at radius 1 is 1.06 bits per heavy atom. The van der Waals surface area contributed by atoms with Crippen molar-refractivity contribution < 1.29 is 5.11 Å². The largest absolute Gasteiger partial charge is 0.507 e. The summed E-state index contributed by atoms with van der Waals surface area (Å²) in [6, 6.07) is 7.30. The molecule has 1 aromatic carbocycles. The normalized spacial score (nSPS) is 12.1. The average molecular weight is 228 g/mol. The van der Waals surface area contributed by atoms with Gasteiger partial charge in [0.05, 0.1) is 0 Å². The van der Waals surface area contributed by atoms with E-state index in [9.17, 15) is 5.11 Å². The number of hydrogen-bond donors (Lipinski definition) is 1. The topological polar surface area (TPSA) is 20.2 Å². The fourth-order valence-electron chi connectivity index (χ4n) is 1.41. The number of phenolic OH excluding ortho intramolecular Hbond substituents is 1. The van der Waals surface area contributed by atoms with Crippen LogP contribution in [0, 0.1) is 0 Å². The van der Waals surface area contributed by atoms with Crippen molar-refractivity contribution in [2.24, 2.45) is 0 Å². The van der Waals surface area contributed by atoms with Gasteiger partial charge in [0.1, 0.15) is 5.75 Å². The molecule has 0 aromatic heterocycles.